The van der Waals surface area contributed by atoms with Crippen molar-refractivity contribution in [3.8, 4) is 5.69 Å². The van der Waals surface area contributed by atoms with E-state index in [1.165, 1.54) is 31.3 Å². The molecule has 2 aromatic heterocycles. The quantitative estimate of drug-likeness (QED) is 0.755. The van der Waals surface area contributed by atoms with Crippen LogP contribution in [-0.4, -0.2) is 20.6 Å². The number of nitrogens with two attached hydrogens (primary N) is 1. The van der Waals surface area contributed by atoms with Crippen molar-refractivity contribution in [3.05, 3.63) is 64.0 Å². The molecule has 0 saturated carbocycles. The Balaban J connectivity index is 2.59. The number of anilines is 1. The van der Waals surface area contributed by atoms with Crippen molar-refractivity contribution in [1.29, 1.82) is 0 Å². The lowest BCUT2D eigenvalue weighted by Gasteiger charge is -2.16. The molecular formula is C16H12FN3O3. The second-order valence-electron chi connectivity index (χ2n) is 4.98. The molecule has 0 fully saturated rings. The summed E-state index contributed by atoms with van der Waals surface area (Å²) in [6.07, 6.45) is 1.44. The third-order valence-electron chi connectivity index (χ3n) is 3.67. The third-order valence-corrected chi connectivity index (χ3v) is 3.67. The summed E-state index contributed by atoms with van der Waals surface area (Å²) in [5, 5.41) is 9.26. The fourth-order valence-corrected chi connectivity index (χ4v) is 2.68. The van der Waals surface area contributed by atoms with Crippen LogP contribution in [0.3, 0.4) is 0 Å². The van der Waals surface area contributed by atoms with Crippen molar-refractivity contribution in [3.63, 3.8) is 0 Å². The molecule has 0 bridgehead atoms. The van der Waals surface area contributed by atoms with E-state index in [4.69, 9.17) is 5.73 Å². The van der Waals surface area contributed by atoms with Gasteiger partial charge in [-0.25, -0.2) is 14.2 Å². The van der Waals surface area contributed by atoms with Gasteiger partial charge in [0.1, 0.15) is 11.6 Å². The van der Waals surface area contributed by atoms with Gasteiger partial charge in [0.05, 0.1) is 16.6 Å². The summed E-state index contributed by atoms with van der Waals surface area (Å²) in [5.41, 5.74) is 5.32. The number of carboxylic acid groups (broad SMARTS) is 1. The van der Waals surface area contributed by atoms with Crippen LogP contribution in [0.4, 0.5) is 10.2 Å². The van der Waals surface area contributed by atoms with Crippen LogP contribution < -0.4 is 11.3 Å². The van der Waals surface area contributed by atoms with Gasteiger partial charge in [-0.3, -0.25) is 9.36 Å². The van der Waals surface area contributed by atoms with E-state index in [0.717, 1.165) is 10.6 Å². The number of benzene rings is 1. The number of hydrogen-bond acceptors (Lipinski definition) is 4. The number of fused-ring (bicyclic) bond motifs is 1. The predicted octanol–water partition coefficient (Wildman–Crippen LogP) is 2.11. The lowest BCUT2D eigenvalue weighted by atomic mass is 10.0. The Hall–Kier alpha value is -3.22. The third kappa shape index (κ3) is 2.13. The highest BCUT2D eigenvalue weighted by Crippen LogP contribution is 2.25. The molecule has 0 saturated heterocycles. The summed E-state index contributed by atoms with van der Waals surface area (Å²) < 4.78 is 15.2. The Kier molecular flexibility index (Phi) is 3.33. The predicted molar refractivity (Wildman–Crippen MR) is 83.4 cm³/mol. The number of aromatic nitrogens is 2. The van der Waals surface area contributed by atoms with E-state index >= 15 is 0 Å². The summed E-state index contributed by atoms with van der Waals surface area (Å²) >= 11 is 0. The minimum Gasteiger partial charge on any atom is -0.478 e. The molecule has 3 aromatic rings. The van der Waals surface area contributed by atoms with E-state index in [9.17, 15) is 19.1 Å². The number of carboxylic acids is 1. The second kappa shape index (κ2) is 5.20. The second-order valence-corrected chi connectivity index (χ2v) is 4.98. The number of hydrogen-bond donors (Lipinski definition) is 2. The van der Waals surface area contributed by atoms with Crippen molar-refractivity contribution < 1.29 is 14.3 Å². The van der Waals surface area contributed by atoms with Gasteiger partial charge < -0.3 is 10.8 Å². The van der Waals surface area contributed by atoms with Crippen LogP contribution in [0.1, 0.15) is 16.1 Å². The zero-order chi connectivity index (χ0) is 16.7. The molecule has 23 heavy (non-hydrogen) atoms. The number of rotatable bonds is 2. The van der Waals surface area contributed by atoms with Crippen LogP contribution in [0, 0.1) is 12.7 Å². The monoisotopic (exact) mass is 313 g/mol. The first kappa shape index (κ1) is 14.7. The number of aromatic carboxylic acids is 1. The fourth-order valence-electron chi connectivity index (χ4n) is 2.68. The summed E-state index contributed by atoms with van der Waals surface area (Å²) in [5.74, 6) is -2.00. The van der Waals surface area contributed by atoms with Gasteiger partial charge in [-0.05, 0) is 25.1 Å². The standard InChI is InChI=1S/C16H12FN3O3/c1-8-12(16(22)23)9-4-2-5-10(17)13(9)15(21)20(8)11-6-3-7-19-14(11)18/h2-7H,1H3,(H2,18,19)(H,22,23). The normalized spacial score (nSPS) is 10.9. The Bertz CT molecular complexity index is 1010. The minimum absolute atomic E-state index is 0.0460. The SMILES string of the molecule is Cc1c(C(=O)O)c2cccc(F)c2c(=O)n1-c1cccnc1N. The average molecular weight is 313 g/mol. The van der Waals surface area contributed by atoms with Gasteiger partial charge in [0.15, 0.2) is 0 Å². The van der Waals surface area contributed by atoms with Crippen LogP contribution in [0.5, 0.6) is 0 Å². The highest BCUT2D eigenvalue weighted by Gasteiger charge is 2.22. The highest BCUT2D eigenvalue weighted by atomic mass is 19.1. The molecule has 7 heteroatoms. The average Bonchev–Trinajstić information content (AvgIpc) is 2.48. The van der Waals surface area contributed by atoms with E-state index in [1.807, 2.05) is 0 Å². The maximum atomic E-state index is 14.2. The first-order valence-electron chi connectivity index (χ1n) is 6.71. The zero-order valence-electron chi connectivity index (χ0n) is 12.1. The molecule has 116 valence electrons. The molecule has 0 aliphatic rings. The summed E-state index contributed by atoms with van der Waals surface area (Å²) in [6, 6.07) is 6.97. The molecule has 0 radical (unpaired) electrons. The van der Waals surface area contributed by atoms with Gasteiger partial charge in [0.25, 0.3) is 5.56 Å². The molecule has 0 aliphatic carbocycles. The van der Waals surface area contributed by atoms with Crippen molar-refractivity contribution in [2.24, 2.45) is 0 Å². The molecule has 2 heterocycles. The number of carbonyl (C=O) groups is 1. The highest BCUT2D eigenvalue weighted by molar-refractivity contribution is 6.04. The molecule has 3 rings (SSSR count). The number of pyridine rings is 2. The molecule has 0 spiro atoms. The lowest BCUT2D eigenvalue weighted by molar-refractivity contribution is 0.0697. The van der Waals surface area contributed by atoms with Crippen molar-refractivity contribution in [2.45, 2.75) is 6.92 Å². The first-order chi connectivity index (χ1) is 10.9. The molecule has 0 aliphatic heterocycles. The molecule has 0 atom stereocenters. The molecule has 1 aromatic carbocycles. The van der Waals surface area contributed by atoms with Gasteiger partial charge in [0.2, 0.25) is 0 Å². The Morgan fingerprint density at radius 3 is 2.70 bits per heavy atom. The van der Waals surface area contributed by atoms with Crippen LogP contribution in [0.25, 0.3) is 16.5 Å². The van der Waals surface area contributed by atoms with Crippen molar-refractivity contribution in [1.82, 2.24) is 9.55 Å². The first-order valence-corrected chi connectivity index (χ1v) is 6.71. The van der Waals surface area contributed by atoms with E-state index in [-0.39, 0.29) is 33.5 Å². The Morgan fingerprint density at radius 2 is 2.04 bits per heavy atom. The van der Waals surface area contributed by atoms with E-state index in [0.29, 0.717) is 0 Å². The Labute approximate surface area is 129 Å². The largest absolute Gasteiger partial charge is 0.478 e. The molecular weight excluding hydrogens is 301 g/mol. The number of nitrogen functional groups attached to an aromatic ring is 1. The van der Waals surface area contributed by atoms with Gasteiger partial charge in [-0.15, -0.1) is 0 Å². The molecule has 3 N–H and O–H groups in total. The van der Waals surface area contributed by atoms with Gasteiger partial charge in [-0.2, -0.15) is 0 Å². The maximum Gasteiger partial charge on any atom is 0.338 e. The topological polar surface area (TPSA) is 98.2 Å². The van der Waals surface area contributed by atoms with Crippen LogP contribution in [-0.2, 0) is 0 Å². The van der Waals surface area contributed by atoms with Crippen LogP contribution >= 0.6 is 0 Å². The summed E-state index contributed by atoms with van der Waals surface area (Å²) in [7, 11) is 0. The van der Waals surface area contributed by atoms with Crippen molar-refractivity contribution in [2.75, 3.05) is 5.73 Å². The minimum atomic E-state index is -1.26. The fraction of sp³-hybridized carbons (Fsp3) is 0.0625. The summed E-state index contributed by atoms with van der Waals surface area (Å²) in [6.45, 7) is 1.47. The maximum absolute atomic E-state index is 14.2. The van der Waals surface area contributed by atoms with Gasteiger partial charge in [0, 0.05) is 17.3 Å². The smallest absolute Gasteiger partial charge is 0.338 e. The summed E-state index contributed by atoms with van der Waals surface area (Å²) in [4.78, 5) is 28.3. The molecule has 0 amide bonds. The van der Waals surface area contributed by atoms with Crippen LogP contribution in [0.15, 0.2) is 41.3 Å². The lowest BCUT2D eigenvalue weighted by Crippen LogP contribution is -2.26. The van der Waals surface area contributed by atoms with Gasteiger partial charge in [-0.1, -0.05) is 12.1 Å². The number of halogens is 1. The van der Waals surface area contributed by atoms with E-state index < -0.39 is 17.3 Å². The van der Waals surface area contributed by atoms with E-state index in [2.05, 4.69) is 4.98 Å². The van der Waals surface area contributed by atoms with Gasteiger partial charge >= 0.3 is 5.97 Å². The molecule has 6 nitrogen and oxygen atoms in total. The van der Waals surface area contributed by atoms with E-state index in [1.54, 1.807) is 6.07 Å². The zero-order valence-corrected chi connectivity index (χ0v) is 12.1. The number of nitrogens with zero attached hydrogens (tertiary/aromatic N) is 2. The molecule has 0 unspecified atom stereocenters. The Morgan fingerprint density at radius 1 is 1.30 bits per heavy atom. The van der Waals surface area contributed by atoms with Crippen molar-refractivity contribution >= 4 is 22.6 Å². The van der Waals surface area contributed by atoms with Crippen LogP contribution in [0.2, 0.25) is 0 Å².